The van der Waals surface area contributed by atoms with Gasteiger partial charge in [0.05, 0.1) is 23.7 Å². The number of nitrogens with one attached hydrogen (secondary N) is 1. The zero-order valence-electron chi connectivity index (χ0n) is 8.73. The van der Waals surface area contributed by atoms with E-state index in [9.17, 15) is 14.0 Å². The number of carbonyl (C=O) groups is 2. The summed E-state index contributed by atoms with van der Waals surface area (Å²) in [7, 11) is 1.51. The Morgan fingerprint density at radius 2 is 2.19 bits per heavy atom. The maximum absolute atomic E-state index is 11.6. The van der Waals surface area contributed by atoms with Crippen LogP contribution in [0, 0.1) is 0 Å². The van der Waals surface area contributed by atoms with E-state index >= 15 is 0 Å². The van der Waals surface area contributed by atoms with Crippen LogP contribution in [0.2, 0.25) is 0 Å². The molecular weight excluding hydrogens is 311 g/mol. The molecule has 16 heavy (non-hydrogen) atoms. The molecule has 0 aromatic rings. The van der Waals surface area contributed by atoms with Gasteiger partial charge in [-0.3, -0.25) is 4.39 Å². The third-order valence-electron chi connectivity index (χ3n) is 1.37. The summed E-state index contributed by atoms with van der Waals surface area (Å²) in [6.07, 6.45) is 1.57. The maximum atomic E-state index is 11.6. The van der Waals surface area contributed by atoms with E-state index < -0.39 is 17.8 Å². The van der Waals surface area contributed by atoms with Gasteiger partial charge in [-0.1, -0.05) is 0 Å². The number of nitrogens with zero attached hydrogens (tertiary/aromatic N) is 1. The number of hydrogen-bond acceptors (Lipinski definition) is 4. The van der Waals surface area contributed by atoms with E-state index in [1.54, 1.807) is 0 Å². The van der Waals surface area contributed by atoms with Gasteiger partial charge in [-0.2, -0.15) is 6.41 Å². The van der Waals surface area contributed by atoms with E-state index in [1.165, 1.54) is 13.5 Å². The Balaban J connectivity index is 0. The molecule has 89 valence electrons. The van der Waals surface area contributed by atoms with Gasteiger partial charge in [0.1, 0.15) is 0 Å². The van der Waals surface area contributed by atoms with Crippen molar-refractivity contribution >= 4 is 30.0 Å². The van der Waals surface area contributed by atoms with Gasteiger partial charge in [-0.05, 0) is 7.05 Å². The number of halogens is 1. The molecule has 0 spiro atoms. The number of alkyl halides is 1. The van der Waals surface area contributed by atoms with Crippen LogP contribution in [0.4, 0.5) is 4.39 Å². The smallest absolute Gasteiger partial charge is 0.0985 e. The topological polar surface area (TPSA) is 77.3 Å². The van der Waals surface area contributed by atoms with Crippen molar-refractivity contribution in [2.24, 2.45) is 0 Å². The monoisotopic (exact) mass is 322 g/mol. The van der Waals surface area contributed by atoms with Crippen LogP contribution < -0.4 is 5.32 Å². The predicted octanol–water partition coefficient (Wildman–Crippen LogP) is 0.159. The fourth-order valence-corrected chi connectivity index (χ4v) is 1.63. The molecule has 0 aromatic heterocycles. The van der Waals surface area contributed by atoms with E-state index in [0.29, 0.717) is 0 Å². The maximum Gasteiger partial charge on any atom is 0.0985 e. The van der Waals surface area contributed by atoms with Crippen LogP contribution in [-0.4, -0.2) is 42.9 Å². The molecular formula is C8H11FN2O3SY-2. The van der Waals surface area contributed by atoms with Gasteiger partial charge in [0.25, 0.3) is 0 Å². The van der Waals surface area contributed by atoms with Crippen molar-refractivity contribution in [2.75, 3.05) is 19.5 Å². The largest absolute Gasteiger partial charge is 0.595 e. The summed E-state index contributed by atoms with van der Waals surface area (Å²) < 4.78 is 11.6. The van der Waals surface area contributed by atoms with E-state index in [0.717, 1.165) is 11.8 Å². The van der Waals surface area contributed by atoms with Crippen molar-refractivity contribution < 1.29 is 51.5 Å². The normalized spacial score (nSPS) is 17.8. The van der Waals surface area contributed by atoms with Crippen molar-refractivity contribution in [3.8, 4) is 0 Å². The summed E-state index contributed by atoms with van der Waals surface area (Å²) in [6, 6.07) is 0. The summed E-state index contributed by atoms with van der Waals surface area (Å²) in [6.45, 7) is -0.470. The van der Waals surface area contributed by atoms with Gasteiger partial charge < -0.3 is 25.0 Å². The molecule has 1 N–H and O–H groups in total. The fraction of sp³-hybridized carbons (Fsp3) is 0.625. The van der Waals surface area contributed by atoms with E-state index in [2.05, 4.69) is 10.6 Å². The van der Waals surface area contributed by atoms with Gasteiger partial charge in [0, 0.05) is 44.9 Å². The SMILES string of the molecule is CN[C-]=O.O=C1CC(SCC[18F])C(=O)[N-]1.[Y]. The van der Waals surface area contributed by atoms with Crippen LogP contribution in [0.3, 0.4) is 0 Å². The van der Waals surface area contributed by atoms with Crippen LogP contribution in [0.25, 0.3) is 5.32 Å². The molecule has 1 atom stereocenters. The van der Waals surface area contributed by atoms with Crippen molar-refractivity contribution in [1.29, 1.82) is 0 Å². The fourth-order valence-electron chi connectivity index (χ4n) is 0.803. The molecule has 1 fully saturated rings. The van der Waals surface area contributed by atoms with Crippen molar-refractivity contribution in [3.63, 3.8) is 0 Å². The van der Waals surface area contributed by atoms with Crippen LogP contribution in [-0.2, 0) is 47.1 Å². The first-order valence-electron chi connectivity index (χ1n) is 4.15. The second kappa shape index (κ2) is 11.5. The average molecular weight is 322 g/mol. The van der Waals surface area contributed by atoms with Crippen molar-refractivity contribution in [3.05, 3.63) is 5.32 Å². The quantitative estimate of drug-likeness (QED) is 0.454. The Labute approximate surface area is 123 Å². The Morgan fingerprint density at radius 1 is 1.62 bits per heavy atom. The van der Waals surface area contributed by atoms with Gasteiger partial charge >= 0.3 is 0 Å². The predicted molar refractivity (Wildman–Crippen MR) is 55.0 cm³/mol. The van der Waals surface area contributed by atoms with Gasteiger partial charge in [-0.25, -0.2) is 0 Å². The first-order chi connectivity index (χ1) is 7.15. The Bertz CT molecular complexity index is 243. The summed E-state index contributed by atoms with van der Waals surface area (Å²) in [5.41, 5.74) is 0. The summed E-state index contributed by atoms with van der Waals surface area (Å²) >= 11 is 1.16. The molecule has 1 unspecified atom stereocenters. The number of hydrogen-bond donors (Lipinski definition) is 1. The molecule has 0 saturated carbocycles. The number of thioether (sulfide) groups is 1. The van der Waals surface area contributed by atoms with Crippen LogP contribution in [0.15, 0.2) is 0 Å². The summed E-state index contributed by atoms with van der Waals surface area (Å²) in [4.78, 5) is 30.2. The molecule has 1 heterocycles. The molecule has 0 bridgehead atoms. The first kappa shape index (κ1) is 18.4. The second-order valence-corrected chi connectivity index (χ2v) is 3.76. The first-order valence-corrected chi connectivity index (χ1v) is 5.20. The summed E-state index contributed by atoms with van der Waals surface area (Å²) in [5, 5.41) is 4.91. The van der Waals surface area contributed by atoms with E-state index in [1.807, 2.05) is 0 Å². The third kappa shape index (κ3) is 8.18. The molecule has 8 heteroatoms. The molecule has 1 aliphatic heterocycles. The molecule has 1 saturated heterocycles. The average Bonchev–Trinajstić information content (AvgIpc) is 2.55. The van der Waals surface area contributed by atoms with Crippen LogP contribution in [0.5, 0.6) is 0 Å². The minimum Gasteiger partial charge on any atom is -0.595 e. The van der Waals surface area contributed by atoms with Crippen LogP contribution in [0.1, 0.15) is 6.42 Å². The van der Waals surface area contributed by atoms with Crippen LogP contribution >= 0.6 is 11.8 Å². The molecule has 3 amide bonds. The summed E-state index contributed by atoms with van der Waals surface area (Å²) in [5.74, 6) is -0.529. The van der Waals surface area contributed by atoms with Crippen molar-refractivity contribution in [1.82, 2.24) is 5.32 Å². The Morgan fingerprint density at radius 3 is 2.50 bits per heavy atom. The number of imide groups is 1. The second-order valence-electron chi connectivity index (χ2n) is 2.45. The molecule has 0 aliphatic carbocycles. The molecule has 0 aromatic carbocycles. The Hall–Kier alpha value is -0.00610. The van der Waals surface area contributed by atoms with Gasteiger partial charge in [-0.15, -0.1) is 11.8 Å². The minimum atomic E-state index is -0.470. The van der Waals surface area contributed by atoms with Gasteiger partial charge in [0.2, 0.25) is 0 Å². The van der Waals surface area contributed by atoms with E-state index in [-0.39, 0.29) is 50.8 Å². The van der Waals surface area contributed by atoms with Crippen molar-refractivity contribution in [2.45, 2.75) is 11.7 Å². The van der Waals surface area contributed by atoms with Gasteiger partial charge in [0.15, 0.2) is 0 Å². The number of rotatable bonds is 4. The molecule has 5 nitrogen and oxygen atoms in total. The standard InChI is InChI=1S/C6H8FNO2S.C2H4NO.Y/c7-1-2-11-4-3-5(9)8-6(4)10;1-3-2-4;/h4H,1-3H2,(H,8,9,10);1H3,(H,3,4);/q;-1;/p-1/i7-1;;. The number of carbonyl (C=O) groups excluding carboxylic acids is 3. The minimum absolute atomic E-state index is 0. The van der Waals surface area contributed by atoms with E-state index in [4.69, 9.17) is 4.79 Å². The molecule has 1 radical (unpaired) electrons. The molecule has 1 rings (SSSR count). The molecule has 1 aliphatic rings. The Kier molecular flexibility index (Phi) is 13.2. The third-order valence-corrected chi connectivity index (χ3v) is 2.53. The zero-order chi connectivity index (χ0) is 11.7. The zero-order valence-corrected chi connectivity index (χ0v) is 12.4. The number of amides is 3.